The molecule has 49 heavy (non-hydrogen) atoms. The molecule has 0 radical (unpaired) electrons. The second-order valence-corrected chi connectivity index (χ2v) is 12.0. The molecule has 2 N–H and O–H groups in total. The summed E-state index contributed by atoms with van der Waals surface area (Å²) in [6, 6.07) is 28.4. The molecule has 2 heterocycles. The Kier molecular flexibility index (Phi) is 10.2. The first-order chi connectivity index (χ1) is 23.8. The Morgan fingerprint density at radius 3 is 2.20 bits per heavy atom. The molecule has 0 saturated carbocycles. The van der Waals surface area contributed by atoms with E-state index in [9.17, 15) is 14.4 Å². The molecular formula is C40H40N4O5. The van der Waals surface area contributed by atoms with E-state index in [1.165, 1.54) is 21.3 Å². The summed E-state index contributed by atoms with van der Waals surface area (Å²) in [5.41, 5.74) is 5.85. The van der Waals surface area contributed by atoms with Crippen LogP contribution in [-0.2, 0) is 25.9 Å². The van der Waals surface area contributed by atoms with Crippen LogP contribution in [0.15, 0.2) is 101 Å². The van der Waals surface area contributed by atoms with Crippen LogP contribution in [0.5, 0.6) is 11.5 Å². The zero-order chi connectivity index (χ0) is 34.3. The molecule has 0 saturated heterocycles. The lowest BCUT2D eigenvalue weighted by Crippen LogP contribution is -2.53. The number of carbonyl (C=O) groups excluding carboxylic acids is 1. The van der Waals surface area contributed by atoms with Crippen LogP contribution in [0.1, 0.15) is 45.1 Å². The zero-order valence-corrected chi connectivity index (χ0v) is 28.0. The third kappa shape index (κ3) is 7.74. The van der Waals surface area contributed by atoms with Crippen molar-refractivity contribution in [2.45, 2.75) is 32.9 Å². The molecule has 250 valence electrons. The molecule has 0 atom stereocenters. The van der Waals surface area contributed by atoms with E-state index in [2.05, 4.69) is 27.3 Å². The van der Waals surface area contributed by atoms with Gasteiger partial charge in [0.05, 0.1) is 14.2 Å². The van der Waals surface area contributed by atoms with Gasteiger partial charge in [0.1, 0.15) is 10.7 Å². The third-order valence-electron chi connectivity index (χ3n) is 8.88. The molecule has 0 spiro atoms. The van der Waals surface area contributed by atoms with Gasteiger partial charge in [-0.1, -0.05) is 54.6 Å². The van der Waals surface area contributed by atoms with E-state index in [1.807, 2.05) is 61.5 Å². The molecule has 5 aromatic rings. The molecule has 0 fully saturated rings. The van der Waals surface area contributed by atoms with Gasteiger partial charge in [0.2, 0.25) is 0 Å². The SMILES string of the molecule is CCn1c(=O)c(=Cc2ccc(C(=O)Nc3ccc(CCN4CCc5cc(OC)c(OC)cc5C4)cc3)cc2)[nH]c(=O)c1=Cc1ccccc1. The number of nitrogens with one attached hydrogen (secondary N) is 2. The minimum Gasteiger partial charge on any atom is -0.493 e. The Labute approximate surface area is 284 Å². The number of ether oxygens (including phenoxy) is 2. The molecule has 1 aliphatic heterocycles. The summed E-state index contributed by atoms with van der Waals surface area (Å²) in [5, 5.41) is 3.44. The van der Waals surface area contributed by atoms with Crippen LogP contribution in [0, 0.1) is 0 Å². The van der Waals surface area contributed by atoms with E-state index < -0.39 is 0 Å². The lowest BCUT2D eigenvalue weighted by molar-refractivity contribution is 0.102. The molecule has 1 aliphatic rings. The highest BCUT2D eigenvalue weighted by atomic mass is 16.5. The number of aromatic amines is 1. The topological polar surface area (TPSA) is 106 Å². The maximum Gasteiger partial charge on any atom is 0.274 e. The molecule has 0 unspecified atom stereocenters. The second-order valence-electron chi connectivity index (χ2n) is 12.0. The number of nitrogens with zero attached hydrogens (tertiary/aromatic N) is 2. The normalized spacial score (nSPS) is 13.6. The fraction of sp³-hybridized carbons (Fsp3) is 0.225. The van der Waals surface area contributed by atoms with Crippen molar-refractivity contribution in [2.75, 3.05) is 32.6 Å². The number of amides is 1. The maximum atomic E-state index is 13.2. The number of benzene rings is 4. The van der Waals surface area contributed by atoms with E-state index in [1.54, 1.807) is 50.6 Å². The van der Waals surface area contributed by atoms with Gasteiger partial charge in [0, 0.05) is 37.4 Å². The quantitative estimate of drug-likeness (QED) is 0.235. The first-order valence-electron chi connectivity index (χ1n) is 16.4. The molecule has 9 nitrogen and oxygen atoms in total. The van der Waals surface area contributed by atoms with Gasteiger partial charge < -0.3 is 24.3 Å². The molecule has 0 aliphatic carbocycles. The van der Waals surface area contributed by atoms with Crippen LogP contribution in [0.3, 0.4) is 0 Å². The first kappa shape index (κ1) is 33.2. The fourth-order valence-electron chi connectivity index (χ4n) is 6.15. The van der Waals surface area contributed by atoms with Crippen LogP contribution in [0.2, 0.25) is 0 Å². The van der Waals surface area contributed by atoms with Gasteiger partial charge >= 0.3 is 0 Å². The largest absolute Gasteiger partial charge is 0.493 e. The van der Waals surface area contributed by atoms with Crippen molar-refractivity contribution in [1.82, 2.24) is 14.5 Å². The Balaban J connectivity index is 1.07. The summed E-state index contributed by atoms with van der Waals surface area (Å²) in [4.78, 5) is 44.4. The van der Waals surface area contributed by atoms with E-state index in [0.29, 0.717) is 28.7 Å². The second kappa shape index (κ2) is 15.0. The lowest BCUT2D eigenvalue weighted by atomic mass is 9.98. The van der Waals surface area contributed by atoms with Crippen molar-refractivity contribution in [1.29, 1.82) is 0 Å². The summed E-state index contributed by atoms with van der Waals surface area (Å²) in [5.74, 6) is 1.30. The fourth-order valence-corrected chi connectivity index (χ4v) is 6.15. The van der Waals surface area contributed by atoms with Crippen LogP contribution in [0.25, 0.3) is 12.2 Å². The molecule has 9 heteroatoms. The molecule has 0 bridgehead atoms. The number of hydrogen-bond acceptors (Lipinski definition) is 6. The van der Waals surface area contributed by atoms with Crippen molar-refractivity contribution in [3.8, 4) is 11.5 Å². The highest BCUT2D eigenvalue weighted by molar-refractivity contribution is 6.04. The molecule has 4 aromatic carbocycles. The molecule has 1 amide bonds. The number of rotatable bonds is 10. The minimum absolute atomic E-state index is 0.181. The van der Waals surface area contributed by atoms with Crippen LogP contribution in [0.4, 0.5) is 5.69 Å². The Hall–Kier alpha value is -5.67. The van der Waals surface area contributed by atoms with Crippen LogP contribution >= 0.6 is 0 Å². The van der Waals surface area contributed by atoms with Gasteiger partial charge in [-0.15, -0.1) is 0 Å². The van der Waals surface area contributed by atoms with Crippen molar-refractivity contribution in [3.05, 3.63) is 156 Å². The number of hydrogen-bond donors (Lipinski definition) is 2. The summed E-state index contributed by atoms with van der Waals surface area (Å²) in [7, 11) is 3.33. The summed E-state index contributed by atoms with van der Waals surface area (Å²) < 4.78 is 12.4. The van der Waals surface area contributed by atoms with E-state index in [-0.39, 0.29) is 22.4 Å². The molecule has 6 rings (SSSR count). The van der Waals surface area contributed by atoms with E-state index >= 15 is 0 Å². The van der Waals surface area contributed by atoms with Crippen molar-refractivity contribution >= 4 is 23.7 Å². The number of fused-ring (bicyclic) bond motifs is 1. The predicted molar refractivity (Wildman–Crippen MR) is 193 cm³/mol. The minimum atomic E-state index is -0.349. The predicted octanol–water partition coefficient (Wildman–Crippen LogP) is 4.08. The summed E-state index contributed by atoms with van der Waals surface area (Å²) in [6.07, 6.45) is 5.20. The average molecular weight is 657 g/mol. The number of carbonyl (C=O) groups is 1. The van der Waals surface area contributed by atoms with Crippen molar-refractivity contribution in [3.63, 3.8) is 0 Å². The van der Waals surface area contributed by atoms with Gasteiger partial charge in [0.15, 0.2) is 11.5 Å². The Bertz CT molecular complexity index is 2190. The lowest BCUT2D eigenvalue weighted by Gasteiger charge is -2.29. The van der Waals surface area contributed by atoms with Gasteiger partial charge in [0.25, 0.3) is 17.0 Å². The van der Waals surface area contributed by atoms with Gasteiger partial charge in [-0.3, -0.25) is 19.3 Å². The Morgan fingerprint density at radius 2 is 1.53 bits per heavy atom. The van der Waals surface area contributed by atoms with E-state index in [4.69, 9.17) is 9.47 Å². The highest BCUT2D eigenvalue weighted by Gasteiger charge is 2.19. The monoisotopic (exact) mass is 656 g/mol. The molecular weight excluding hydrogens is 616 g/mol. The third-order valence-corrected chi connectivity index (χ3v) is 8.88. The number of aromatic nitrogens is 2. The number of anilines is 1. The van der Waals surface area contributed by atoms with Crippen molar-refractivity contribution in [2.24, 2.45) is 0 Å². The summed E-state index contributed by atoms with van der Waals surface area (Å²) in [6.45, 7) is 4.97. The molecule has 1 aromatic heterocycles. The zero-order valence-electron chi connectivity index (χ0n) is 28.0. The maximum absolute atomic E-state index is 13.2. The number of methoxy groups -OCH3 is 2. The number of H-pyrrole nitrogens is 1. The van der Waals surface area contributed by atoms with Crippen molar-refractivity contribution < 1.29 is 14.3 Å². The van der Waals surface area contributed by atoms with Crippen LogP contribution in [-0.4, -0.2) is 47.7 Å². The van der Waals surface area contributed by atoms with Crippen LogP contribution < -0.4 is 36.6 Å². The van der Waals surface area contributed by atoms with Gasteiger partial charge in [-0.25, -0.2) is 0 Å². The average Bonchev–Trinajstić information content (AvgIpc) is 3.13. The summed E-state index contributed by atoms with van der Waals surface area (Å²) >= 11 is 0. The standard InChI is InChI=1S/C40H40N4O5/c1-4-44-35(23-28-8-6-5-7-9-28)39(46)42-34(40(44)47)22-29-10-14-30(15-11-29)38(45)41-33-16-12-27(13-17-33)18-20-43-21-19-31-24-36(48-2)37(49-3)25-32(31)26-43/h5-17,22-25H,4,18-21,26H2,1-3H3,(H,41,45)(H,42,46). The smallest absolute Gasteiger partial charge is 0.274 e. The Morgan fingerprint density at radius 1 is 0.857 bits per heavy atom. The first-order valence-corrected chi connectivity index (χ1v) is 16.4. The van der Waals surface area contributed by atoms with Gasteiger partial charge in [-0.05, 0) is 96.1 Å². The van der Waals surface area contributed by atoms with Gasteiger partial charge in [-0.2, -0.15) is 0 Å². The highest BCUT2D eigenvalue weighted by Crippen LogP contribution is 2.33. The van der Waals surface area contributed by atoms with E-state index in [0.717, 1.165) is 49.5 Å².